The van der Waals surface area contributed by atoms with E-state index < -0.39 is 6.04 Å². The molecule has 0 aromatic heterocycles. The molecule has 5 nitrogen and oxygen atoms in total. The number of rotatable bonds is 3. The Morgan fingerprint density at radius 1 is 1.38 bits per heavy atom. The van der Waals surface area contributed by atoms with E-state index in [1.165, 1.54) is 6.42 Å². The highest BCUT2D eigenvalue weighted by atomic mass is 16.3. The zero-order valence-corrected chi connectivity index (χ0v) is 12.2. The van der Waals surface area contributed by atoms with E-state index in [0.29, 0.717) is 18.4 Å². The molecule has 3 rings (SSSR count). The lowest BCUT2D eigenvalue weighted by Gasteiger charge is -2.42. The van der Waals surface area contributed by atoms with Crippen molar-refractivity contribution in [2.75, 3.05) is 19.6 Å². The Morgan fingerprint density at radius 3 is 2.86 bits per heavy atom. The number of nitrogens with one attached hydrogen (secondary N) is 1. The van der Waals surface area contributed by atoms with Gasteiger partial charge in [-0.25, -0.2) is 0 Å². The summed E-state index contributed by atoms with van der Waals surface area (Å²) in [5.74, 6) is 0.893. The van der Waals surface area contributed by atoms with Crippen molar-refractivity contribution in [2.24, 2.45) is 11.7 Å². The number of nitrogens with zero attached hydrogens (tertiary/aromatic N) is 1. The normalized spacial score (nSPS) is 26.4. The van der Waals surface area contributed by atoms with Crippen LogP contribution in [0, 0.1) is 5.92 Å². The Kier molecular flexibility index (Phi) is 4.12. The minimum absolute atomic E-state index is 0.0430. The first kappa shape index (κ1) is 14.4. The number of hydrogen-bond acceptors (Lipinski definition) is 4. The van der Waals surface area contributed by atoms with Crippen LogP contribution in [0.15, 0.2) is 24.3 Å². The minimum atomic E-state index is -0.506. The number of hydrogen-bond donors (Lipinski definition) is 3. The van der Waals surface area contributed by atoms with Crippen LogP contribution in [0.1, 0.15) is 18.4 Å². The third-order valence-corrected chi connectivity index (χ3v) is 4.54. The standard InChI is InChI=1S/C16H23N3O2/c17-15(8-11-1-3-14(20)4-2-11)16(21)19-9-12-5-6-18-13(7-12)10-19/h1-4,12-13,15,18,20H,5-10,17H2/t12?,13?,15-/m0/s1. The molecular formula is C16H23N3O2. The van der Waals surface area contributed by atoms with Crippen LogP contribution in [0.4, 0.5) is 0 Å². The first-order valence-electron chi connectivity index (χ1n) is 7.67. The van der Waals surface area contributed by atoms with Crippen LogP contribution in [0.3, 0.4) is 0 Å². The smallest absolute Gasteiger partial charge is 0.239 e. The number of carbonyl (C=O) groups is 1. The fourth-order valence-electron chi connectivity index (χ4n) is 3.44. The molecule has 4 N–H and O–H groups in total. The van der Waals surface area contributed by atoms with E-state index in [1.54, 1.807) is 12.1 Å². The maximum atomic E-state index is 12.5. The Morgan fingerprint density at radius 2 is 2.14 bits per heavy atom. The zero-order chi connectivity index (χ0) is 14.8. The van der Waals surface area contributed by atoms with Gasteiger partial charge in [-0.15, -0.1) is 0 Å². The molecule has 2 aliphatic heterocycles. The van der Waals surface area contributed by atoms with Crippen LogP contribution in [0.5, 0.6) is 5.75 Å². The molecule has 3 atom stereocenters. The molecule has 2 aliphatic rings. The van der Waals surface area contributed by atoms with Gasteiger partial charge in [0.25, 0.3) is 0 Å². The van der Waals surface area contributed by atoms with Crippen LogP contribution in [-0.4, -0.2) is 47.6 Å². The average molecular weight is 289 g/mol. The second-order valence-corrected chi connectivity index (χ2v) is 6.26. The van der Waals surface area contributed by atoms with E-state index in [9.17, 15) is 9.90 Å². The van der Waals surface area contributed by atoms with Crippen molar-refractivity contribution in [3.8, 4) is 5.75 Å². The molecule has 114 valence electrons. The topological polar surface area (TPSA) is 78.6 Å². The van der Waals surface area contributed by atoms with Gasteiger partial charge in [-0.05, 0) is 49.4 Å². The van der Waals surface area contributed by atoms with Gasteiger partial charge in [0.2, 0.25) is 5.91 Å². The van der Waals surface area contributed by atoms with E-state index in [4.69, 9.17) is 5.73 Å². The summed E-state index contributed by atoms with van der Waals surface area (Å²) in [6.45, 7) is 2.69. The molecule has 0 saturated carbocycles. The molecule has 21 heavy (non-hydrogen) atoms. The van der Waals surface area contributed by atoms with Crippen molar-refractivity contribution >= 4 is 5.91 Å². The highest BCUT2D eigenvalue weighted by Gasteiger charge is 2.33. The third kappa shape index (κ3) is 3.36. The van der Waals surface area contributed by atoms with Gasteiger partial charge in [0.15, 0.2) is 0 Å². The lowest BCUT2D eigenvalue weighted by Crippen LogP contribution is -2.58. The number of carbonyl (C=O) groups excluding carboxylic acids is 1. The predicted molar refractivity (Wildman–Crippen MR) is 80.9 cm³/mol. The van der Waals surface area contributed by atoms with Crippen molar-refractivity contribution in [1.82, 2.24) is 10.2 Å². The quantitative estimate of drug-likeness (QED) is 0.756. The second-order valence-electron chi connectivity index (χ2n) is 6.26. The van der Waals surface area contributed by atoms with E-state index >= 15 is 0 Å². The fourth-order valence-corrected chi connectivity index (χ4v) is 3.44. The predicted octanol–water partition coefficient (Wildman–Crippen LogP) is 0.472. The van der Waals surface area contributed by atoms with Gasteiger partial charge in [0.1, 0.15) is 5.75 Å². The first-order valence-corrected chi connectivity index (χ1v) is 7.67. The number of piperidine rings is 2. The van der Waals surface area contributed by atoms with E-state index in [-0.39, 0.29) is 11.7 Å². The van der Waals surface area contributed by atoms with Crippen LogP contribution < -0.4 is 11.1 Å². The number of nitrogens with two attached hydrogens (primary N) is 1. The van der Waals surface area contributed by atoms with Gasteiger partial charge >= 0.3 is 0 Å². The van der Waals surface area contributed by atoms with Crippen molar-refractivity contribution in [1.29, 1.82) is 0 Å². The monoisotopic (exact) mass is 289 g/mol. The van der Waals surface area contributed by atoms with Gasteiger partial charge < -0.3 is 21.1 Å². The summed E-state index contributed by atoms with van der Waals surface area (Å²) in [6, 6.07) is 6.81. The number of amides is 1. The first-order chi connectivity index (χ1) is 10.1. The molecule has 2 unspecified atom stereocenters. The third-order valence-electron chi connectivity index (χ3n) is 4.54. The molecule has 0 spiro atoms. The SMILES string of the molecule is N[C@@H](Cc1ccc(O)cc1)C(=O)N1CC2CCNC(C2)C1. The number of phenols is 1. The van der Waals surface area contributed by atoms with E-state index in [2.05, 4.69) is 5.32 Å². The summed E-state index contributed by atoms with van der Waals surface area (Å²) >= 11 is 0. The summed E-state index contributed by atoms with van der Waals surface area (Å²) < 4.78 is 0. The van der Waals surface area contributed by atoms with Gasteiger partial charge in [-0.2, -0.15) is 0 Å². The Bertz CT molecular complexity index is 491. The lowest BCUT2D eigenvalue weighted by atomic mass is 9.87. The molecule has 1 amide bonds. The summed E-state index contributed by atoms with van der Waals surface area (Å²) in [5.41, 5.74) is 7.07. The lowest BCUT2D eigenvalue weighted by molar-refractivity contribution is -0.135. The molecule has 5 heteroatoms. The number of phenolic OH excluding ortho intramolecular Hbond substituents is 1. The number of fused-ring (bicyclic) bond motifs is 2. The average Bonchev–Trinajstić information content (AvgIpc) is 2.48. The number of aromatic hydroxyl groups is 1. The molecule has 2 saturated heterocycles. The summed E-state index contributed by atoms with van der Waals surface area (Å²) in [4.78, 5) is 14.5. The van der Waals surface area contributed by atoms with Crippen molar-refractivity contribution in [3.05, 3.63) is 29.8 Å². The van der Waals surface area contributed by atoms with Gasteiger partial charge in [0.05, 0.1) is 6.04 Å². The Hall–Kier alpha value is -1.59. The summed E-state index contributed by atoms with van der Waals surface area (Å²) in [5, 5.41) is 12.8. The Labute approximate surface area is 125 Å². The van der Waals surface area contributed by atoms with Crippen molar-refractivity contribution < 1.29 is 9.90 Å². The summed E-state index contributed by atoms with van der Waals surface area (Å²) in [7, 11) is 0. The van der Waals surface area contributed by atoms with Gasteiger partial charge in [0, 0.05) is 19.1 Å². The molecule has 2 fully saturated rings. The minimum Gasteiger partial charge on any atom is -0.508 e. The van der Waals surface area contributed by atoms with Crippen LogP contribution in [0.2, 0.25) is 0 Å². The second kappa shape index (κ2) is 6.03. The van der Waals surface area contributed by atoms with E-state index in [0.717, 1.165) is 31.6 Å². The fraction of sp³-hybridized carbons (Fsp3) is 0.562. The van der Waals surface area contributed by atoms with Crippen molar-refractivity contribution in [3.63, 3.8) is 0 Å². The van der Waals surface area contributed by atoms with Crippen molar-refractivity contribution in [2.45, 2.75) is 31.3 Å². The van der Waals surface area contributed by atoms with E-state index in [1.807, 2.05) is 17.0 Å². The molecule has 2 bridgehead atoms. The molecule has 1 aromatic rings. The zero-order valence-electron chi connectivity index (χ0n) is 12.2. The number of benzene rings is 1. The Balaban J connectivity index is 1.60. The molecule has 1 aromatic carbocycles. The molecule has 0 aliphatic carbocycles. The molecular weight excluding hydrogens is 266 g/mol. The van der Waals surface area contributed by atoms with Gasteiger partial charge in [-0.3, -0.25) is 4.79 Å². The van der Waals surface area contributed by atoms with Crippen LogP contribution in [0.25, 0.3) is 0 Å². The molecule has 2 heterocycles. The largest absolute Gasteiger partial charge is 0.508 e. The summed E-state index contributed by atoms with van der Waals surface area (Å²) in [6.07, 6.45) is 2.84. The highest BCUT2D eigenvalue weighted by Crippen LogP contribution is 2.24. The van der Waals surface area contributed by atoms with Crippen LogP contribution in [-0.2, 0) is 11.2 Å². The van der Waals surface area contributed by atoms with Gasteiger partial charge in [-0.1, -0.05) is 12.1 Å². The number of likely N-dealkylation sites (tertiary alicyclic amines) is 1. The maximum Gasteiger partial charge on any atom is 0.239 e. The highest BCUT2D eigenvalue weighted by molar-refractivity contribution is 5.82. The van der Waals surface area contributed by atoms with Crippen LogP contribution >= 0.6 is 0 Å². The molecule has 0 radical (unpaired) electrons. The maximum absolute atomic E-state index is 12.5.